The molecule has 2 nitrogen and oxygen atoms in total. The first-order valence-corrected chi connectivity index (χ1v) is 6.47. The third kappa shape index (κ3) is 4.39. The van der Waals surface area contributed by atoms with Crippen molar-refractivity contribution in [2.24, 2.45) is 0 Å². The molecule has 0 bridgehead atoms. The van der Waals surface area contributed by atoms with Crippen molar-refractivity contribution in [2.75, 3.05) is 12.4 Å². The molecule has 94 valence electrons. The van der Waals surface area contributed by atoms with E-state index in [2.05, 4.69) is 38.2 Å². The molecule has 0 unspecified atom stereocenters. The molecule has 0 spiro atoms. The average molecular weight is 254 g/mol. The Kier molecular flexibility index (Phi) is 5.49. The molecule has 0 radical (unpaired) electrons. The zero-order valence-electron chi connectivity index (χ0n) is 10.8. The van der Waals surface area contributed by atoms with Gasteiger partial charge < -0.3 is 5.32 Å². The number of amides is 1. The van der Waals surface area contributed by atoms with Crippen LogP contribution in [-0.4, -0.2) is 18.3 Å². The molecule has 3 heteroatoms. The van der Waals surface area contributed by atoms with Gasteiger partial charge >= 0.3 is 0 Å². The van der Waals surface area contributed by atoms with Crippen LogP contribution in [0.1, 0.15) is 28.7 Å². The minimum absolute atomic E-state index is 0.0292. The largest absolute Gasteiger partial charge is 0.356 e. The van der Waals surface area contributed by atoms with Gasteiger partial charge in [-0.15, -0.1) is 11.6 Å². The van der Waals surface area contributed by atoms with Gasteiger partial charge in [-0.25, -0.2) is 0 Å². The first-order chi connectivity index (χ1) is 8.04. The quantitative estimate of drug-likeness (QED) is 0.804. The topological polar surface area (TPSA) is 29.1 Å². The summed E-state index contributed by atoms with van der Waals surface area (Å²) in [6, 6.07) is 4.41. The smallest absolute Gasteiger partial charge is 0.221 e. The van der Waals surface area contributed by atoms with Gasteiger partial charge in [-0.1, -0.05) is 12.1 Å². The van der Waals surface area contributed by atoms with Crippen LogP contribution >= 0.6 is 11.6 Å². The maximum Gasteiger partial charge on any atom is 0.221 e. The molecule has 0 saturated heterocycles. The van der Waals surface area contributed by atoms with Gasteiger partial charge in [0.15, 0.2) is 0 Å². The fourth-order valence-corrected chi connectivity index (χ4v) is 1.97. The number of carbonyl (C=O) groups excluding carboxylic acids is 1. The average Bonchev–Trinajstić information content (AvgIpc) is 2.26. The van der Waals surface area contributed by atoms with Crippen molar-refractivity contribution in [3.8, 4) is 0 Å². The molecule has 0 fully saturated rings. The number of aryl methyl sites for hydroxylation is 3. The van der Waals surface area contributed by atoms with Crippen LogP contribution in [-0.2, 0) is 11.2 Å². The summed E-state index contributed by atoms with van der Waals surface area (Å²) >= 11 is 5.49. The second kappa shape index (κ2) is 6.65. The van der Waals surface area contributed by atoms with Crippen molar-refractivity contribution < 1.29 is 4.79 Å². The fraction of sp³-hybridized carbons (Fsp3) is 0.500. The molecule has 0 saturated carbocycles. The van der Waals surface area contributed by atoms with Gasteiger partial charge in [0.05, 0.1) is 0 Å². The Morgan fingerprint density at radius 1 is 1.18 bits per heavy atom. The van der Waals surface area contributed by atoms with Gasteiger partial charge in [0, 0.05) is 18.8 Å². The lowest BCUT2D eigenvalue weighted by Gasteiger charge is -2.10. The van der Waals surface area contributed by atoms with Crippen LogP contribution in [0, 0.1) is 20.8 Å². The number of rotatable bonds is 5. The number of alkyl halides is 1. The lowest BCUT2D eigenvalue weighted by atomic mass is 9.99. The molecule has 0 atom stereocenters. The number of hydrogen-bond donors (Lipinski definition) is 1. The molecule has 0 heterocycles. The molecular weight excluding hydrogens is 234 g/mol. The summed E-state index contributed by atoms with van der Waals surface area (Å²) in [7, 11) is 0. The summed E-state index contributed by atoms with van der Waals surface area (Å²) in [5.74, 6) is 0.413. The highest BCUT2D eigenvalue weighted by molar-refractivity contribution is 6.18. The van der Waals surface area contributed by atoms with E-state index >= 15 is 0 Å². The SMILES string of the molecule is Cc1cc(C)c(CCNC(=O)CCCl)cc1C. The molecule has 1 aromatic carbocycles. The molecule has 1 amide bonds. The lowest BCUT2D eigenvalue weighted by Crippen LogP contribution is -2.25. The summed E-state index contributed by atoms with van der Waals surface area (Å²) in [5.41, 5.74) is 5.22. The summed E-state index contributed by atoms with van der Waals surface area (Å²) in [4.78, 5) is 11.2. The van der Waals surface area contributed by atoms with E-state index in [1.165, 1.54) is 22.3 Å². The van der Waals surface area contributed by atoms with E-state index in [4.69, 9.17) is 11.6 Å². The maximum absolute atomic E-state index is 11.2. The number of halogens is 1. The molecule has 1 rings (SSSR count). The summed E-state index contributed by atoms with van der Waals surface area (Å²) in [6.07, 6.45) is 1.27. The molecule has 0 aliphatic rings. The van der Waals surface area contributed by atoms with Crippen LogP contribution in [0.15, 0.2) is 12.1 Å². The highest BCUT2D eigenvalue weighted by Crippen LogP contribution is 2.15. The first-order valence-electron chi connectivity index (χ1n) is 5.94. The predicted molar refractivity (Wildman–Crippen MR) is 72.7 cm³/mol. The van der Waals surface area contributed by atoms with Crippen LogP contribution in [0.3, 0.4) is 0 Å². The van der Waals surface area contributed by atoms with E-state index < -0.39 is 0 Å². The van der Waals surface area contributed by atoms with E-state index in [0.29, 0.717) is 18.8 Å². The Morgan fingerprint density at radius 3 is 2.47 bits per heavy atom. The van der Waals surface area contributed by atoms with Crippen molar-refractivity contribution in [1.29, 1.82) is 0 Å². The van der Waals surface area contributed by atoms with Crippen LogP contribution in [0.25, 0.3) is 0 Å². The summed E-state index contributed by atoms with van der Waals surface area (Å²) in [5, 5.41) is 2.87. The summed E-state index contributed by atoms with van der Waals surface area (Å²) in [6.45, 7) is 7.03. The molecule has 1 N–H and O–H groups in total. The Balaban J connectivity index is 2.52. The monoisotopic (exact) mass is 253 g/mol. The lowest BCUT2D eigenvalue weighted by molar-refractivity contribution is -0.120. The van der Waals surface area contributed by atoms with Crippen LogP contribution in [0.2, 0.25) is 0 Å². The Hall–Kier alpha value is -1.02. The van der Waals surface area contributed by atoms with Gasteiger partial charge in [0.1, 0.15) is 0 Å². The minimum atomic E-state index is 0.0292. The zero-order valence-corrected chi connectivity index (χ0v) is 11.5. The van der Waals surface area contributed by atoms with E-state index in [9.17, 15) is 4.79 Å². The van der Waals surface area contributed by atoms with Crippen molar-refractivity contribution >= 4 is 17.5 Å². The minimum Gasteiger partial charge on any atom is -0.356 e. The van der Waals surface area contributed by atoms with Crippen molar-refractivity contribution in [1.82, 2.24) is 5.32 Å². The van der Waals surface area contributed by atoms with Crippen molar-refractivity contribution in [2.45, 2.75) is 33.6 Å². The van der Waals surface area contributed by atoms with Crippen LogP contribution in [0.4, 0.5) is 0 Å². The van der Waals surface area contributed by atoms with Gasteiger partial charge in [0.2, 0.25) is 5.91 Å². The molecule has 0 aromatic heterocycles. The molecule has 17 heavy (non-hydrogen) atoms. The summed E-state index contributed by atoms with van der Waals surface area (Å²) < 4.78 is 0. The van der Waals surface area contributed by atoms with Crippen LogP contribution < -0.4 is 5.32 Å². The van der Waals surface area contributed by atoms with E-state index in [-0.39, 0.29) is 5.91 Å². The van der Waals surface area contributed by atoms with E-state index in [1.807, 2.05) is 0 Å². The predicted octanol–water partition coefficient (Wildman–Crippen LogP) is 2.90. The number of nitrogens with one attached hydrogen (secondary N) is 1. The second-order valence-electron chi connectivity index (χ2n) is 4.40. The highest BCUT2D eigenvalue weighted by Gasteiger charge is 2.03. The molecule has 0 aliphatic carbocycles. The van der Waals surface area contributed by atoms with Crippen LogP contribution in [0.5, 0.6) is 0 Å². The van der Waals surface area contributed by atoms with Crippen molar-refractivity contribution in [3.05, 3.63) is 34.4 Å². The molecule has 1 aromatic rings. The third-order valence-corrected chi connectivity index (χ3v) is 3.18. The molecular formula is C14H20ClNO. The second-order valence-corrected chi connectivity index (χ2v) is 4.78. The molecule has 0 aliphatic heterocycles. The van der Waals surface area contributed by atoms with Gasteiger partial charge in [-0.2, -0.15) is 0 Å². The number of hydrogen-bond acceptors (Lipinski definition) is 1. The van der Waals surface area contributed by atoms with Crippen molar-refractivity contribution in [3.63, 3.8) is 0 Å². The highest BCUT2D eigenvalue weighted by atomic mass is 35.5. The van der Waals surface area contributed by atoms with Gasteiger partial charge in [-0.05, 0) is 49.4 Å². The number of carbonyl (C=O) groups is 1. The van der Waals surface area contributed by atoms with Gasteiger partial charge in [0.25, 0.3) is 0 Å². The van der Waals surface area contributed by atoms with E-state index in [1.54, 1.807) is 0 Å². The zero-order chi connectivity index (χ0) is 12.8. The Morgan fingerprint density at radius 2 is 1.82 bits per heavy atom. The maximum atomic E-state index is 11.2. The normalized spacial score (nSPS) is 10.4. The van der Waals surface area contributed by atoms with E-state index in [0.717, 1.165) is 6.42 Å². The van der Waals surface area contributed by atoms with Gasteiger partial charge in [-0.3, -0.25) is 4.79 Å². The first kappa shape index (κ1) is 14.0. The number of benzene rings is 1. The third-order valence-electron chi connectivity index (χ3n) is 2.99. The standard InChI is InChI=1S/C14H20ClNO/c1-10-8-12(3)13(9-11(10)2)5-7-16-14(17)4-6-15/h8-9H,4-7H2,1-3H3,(H,16,17). The Labute approximate surface area is 108 Å². The Bertz CT molecular complexity index is 401. The fourth-order valence-electron chi connectivity index (χ4n) is 1.80.